The molecule has 1 aliphatic heterocycles. The van der Waals surface area contributed by atoms with Crippen LogP contribution >= 0.6 is 0 Å². The van der Waals surface area contributed by atoms with Crippen LogP contribution in [0.4, 0.5) is 5.69 Å². The predicted octanol–water partition coefficient (Wildman–Crippen LogP) is 4.03. The molecule has 1 fully saturated rings. The molecule has 1 nitrogen and oxygen atoms in total. The van der Waals surface area contributed by atoms with Gasteiger partial charge in [0, 0.05) is 18.8 Å². The van der Waals surface area contributed by atoms with Crippen LogP contribution < -0.4 is 4.90 Å². The lowest BCUT2D eigenvalue weighted by molar-refractivity contribution is 0.851. The Bertz CT molecular complexity index is 373. The van der Waals surface area contributed by atoms with Crippen molar-refractivity contribution in [1.82, 2.24) is 0 Å². The summed E-state index contributed by atoms with van der Waals surface area (Å²) in [6.07, 6.45) is 2.70. The van der Waals surface area contributed by atoms with E-state index in [9.17, 15) is 0 Å². The summed E-state index contributed by atoms with van der Waals surface area (Å²) in [4.78, 5) is 2.53. The molecule has 0 aromatic heterocycles. The van der Waals surface area contributed by atoms with E-state index in [1.807, 2.05) is 0 Å². The highest BCUT2D eigenvalue weighted by molar-refractivity contribution is 5.58. The molecule has 0 N–H and O–H groups in total. The van der Waals surface area contributed by atoms with Crippen LogP contribution in [0.2, 0.25) is 0 Å². The molecule has 0 radical (unpaired) electrons. The van der Waals surface area contributed by atoms with Crippen LogP contribution in [-0.2, 0) is 0 Å². The van der Waals surface area contributed by atoms with Crippen molar-refractivity contribution in [2.24, 2.45) is 0 Å². The van der Waals surface area contributed by atoms with E-state index in [-0.39, 0.29) is 0 Å². The van der Waals surface area contributed by atoms with E-state index in [0.29, 0.717) is 5.92 Å². The lowest BCUT2D eigenvalue weighted by atomic mass is 9.95. The maximum atomic E-state index is 2.53. The minimum Gasteiger partial charge on any atom is -0.371 e. The molecule has 0 saturated carbocycles. The van der Waals surface area contributed by atoms with Gasteiger partial charge in [0.1, 0.15) is 0 Å². The number of nitrogens with zero attached hydrogens (tertiary/aromatic N) is 1. The molecule has 1 heterocycles. The zero-order chi connectivity index (χ0) is 11.7. The second kappa shape index (κ2) is 4.48. The molecular weight excluding hydrogens is 194 g/mol. The average molecular weight is 217 g/mol. The van der Waals surface area contributed by atoms with Crippen molar-refractivity contribution in [1.29, 1.82) is 0 Å². The summed E-state index contributed by atoms with van der Waals surface area (Å²) >= 11 is 0. The number of rotatable bonds is 2. The van der Waals surface area contributed by atoms with Crippen molar-refractivity contribution in [3.8, 4) is 0 Å². The van der Waals surface area contributed by atoms with Gasteiger partial charge in [-0.3, -0.25) is 0 Å². The predicted molar refractivity (Wildman–Crippen MR) is 71.5 cm³/mol. The highest BCUT2D eigenvalue weighted by atomic mass is 15.1. The molecule has 88 valence electrons. The summed E-state index contributed by atoms with van der Waals surface area (Å²) in [6, 6.07) is 4.77. The minimum absolute atomic E-state index is 0.631. The van der Waals surface area contributed by atoms with Gasteiger partial charge < -0.3 is 4.90 Å². The van der Waals surface area contributed by atoms with Gasteiger partial charge in [-0.25, -0.2) is 0 Å². The number of anilines is 1. The van der Waals surface area contributed by atoms with E-state index in [4.69, 9.17) is 0 Å². The van der Waals surface area contributed by atoms with Crippen molar-refractivity contribution >= 4 is 5.69 Å². The van der Waals surface area contributed by atoms with E-state index in [1.54, 1.807) is 0 Å². The topological polar surface area (TPSA) is 3.24 Å². The smallest absolute Gasteiger partial charge is 0.0398 e. The third-order valence-corrected chi connectivity index (χ3v) is 3.65. The molecule has 0 bridgehead atoms. The molecule has 0 aliphatic carbocycles. The van der Waals surface area contributed by atoms with Crippen LogP contribution in [0.3, 0.4) is 0 Å². The van der Waals surface area contributed by atoms with Crippen molar-refractivity contribution in [2.45, 2.75) is 46.5 Å². The second-order valence-electron chi connectivity index (χ2n) is 5.34. The van der Waals surface area contributed by atoms with E-state index >= 15 is 0 Å². The summed E-state index contributed by atoms with van der Waals surface area (Å²) in [7, 11) is 0. The third-order valence-electron chi connectivity index (χ3n) is 3.65. The van der Waals surface area contributed by atoms with E-state index in [2.05, 4.69) is 44.7 Å². The van der Waals surface area contributed by atoms with Crippen molar-refractivity contribution in [2.75, 3.05) is 18.0 Å². The molecule has 1 aromatic carbocycles. The summed E-state index contributed by atoms with van der Waals surface area (Å²) in [5.41, 5.74) is 5.85. The molecule has 0 atom stereocenters. The first kappa shape index (κ1) is 11.5. The lowest BCUT2D eigenvalue weighted by Crippen LogP contribution is -2.19. The maximum absolute atomic E-state index is 2.53. The zero-order valence-electron chi connectivity index (χ0n) is 11.0. The Hall–Kier alpha value is -0.980. The van der Waals surface area contributed by atoms with Crippen molar-refractivity contribution in [3.63, 3.8) is 0 Å². The van der Waals surface area contributed by atoms with Crippen LogP contribution in [0.15, 0.2) is 12.1 Å². The molecule has 0 amide bonds. The molecular formula is C15H23N. The molecule has 16 heavy (non-hydrogen) atoms. The van der Waals surface area contributed by atoms with Crippen LogP contribution in [0.5, 0.6) is 0 Å². The molecule has 1 saturated heterocycles. The van der Waals surface area contributed by atoms with Gasteiger partial charge in [0.05, 0.1) is 0 Å². The Morgan fingerprint density at radius 3 is 2.19 bits per heavy atom. The highest BCUT2D eigenvalue weighted by Crippen LogP contribution is 2.30. The van der Waals surface area contributed by atoms with Gasteiger partial charge in [-0.2, -0.15) is 0 Å². The van der Waals surface area contributed by atoms with Gasteiger partial charge in [-0.05, 0) is 55.4 Å². The SMILES string of the molecule is Cc1cc(N2CCCC2)c(C)cc1C(C)C. The first-order chi connectivity index (χ1) is 7.59. The Morgan fingerprint density at radius 1 is 1.00 bits per heavy atom. The Kier molecular flexibility index (Phi) is 3.22. The second-order valence-corrected chi connectivity index (χ2v) is 5.34. The lowest BCUT2D eigenvalue weighted by Gasteiger charge is -2.23. The molecule has 1 aliphatic rings. The average Bonchev–Trinajstić information content (AvgIpc) is 2.73. The fourth-order valence-electron chi connectivity index (χ4n) is 2.74. The fourth-order valence-corrected chi connectivity index (χ4v) is 2.74. The summed E-state index contributed by atoms with van der Waals surface area (Å²) in [5.74, 6) is 0.631. The summed E-state index contributed by atoms with van der Waals surface area (Å²) in [6.45, 7) is 11.5. The number of benzene rings is 1. The molecule has 1 heteroatoms. The number of aryl methyl sites for hydroxylation is 2. The van der Waals surface area contributed by atoms with Crippen LogP contribution in [0.1, 0.15) is 49.3 Å². The first-order valence-corrected chi connectivity index (χ1v) is 6.45. The molecule has 2 rings (SSSR count). The minimum atomic E-state index is 0.631. The standard InChI is InChI=1S/C15H23N/c1-11(2)14-9-13(4)15(10-12(14)3)16-7-5-6-8-16/h9-11H,5-8H2,1-4H3. The highest BCUT2D eigenvalue weighted by Gasteiger charge is 2.16. The van der Waals surface area contributed by atoms with Crippen molar-refractivity contribution < 1.29 is 0 Å². The van der Waals surface area contributed by atoms with Crippen LogP contribution in [0.25, 0.3) is 0 Å². The first-order valence-electron chi connectivity index (χ1n) is 6.45. The van der Waals surface area contributed by atoms with Gasteiger partial charge in [0.25, 0.3) is 0 Å². The third kappa shape index (κ3) is 2.09. The Labute approximate surface area is 99.5 Å². The van der Waals surface area contributed by atoms with E-state index < -0.39 is 0 Å². The zero-order valence-corrected chi connectivity index (χ0v) is 11.0. The van der Waals surface area contributed by atoms with Gasteiger partial charge in [-0.15, -0.1) is 0 Å². The van der Waals surface area contributed by atoms with Gasteiger partial charge in [0.15, 0.2) is 0 Å². The normalized spacial score (nSPS) is 16.2. The van der Waals surface area contributed by atoms with Crippen molar-refractivity contribution in [3.05, 3.63) is 28.8 Å². The van der Waals surface area contributed by atoms with Crippen LogP contribution in [0, 0.1) is 13.8 Å². The number of hydrogen-bond donors (Lipinski definition) is 0. The molecule has 0 spiro atoms. The Morgan fingerprint density at radius 2 is 1.62 bits per heavy atom. The van der Waals surface area contributed by atoms with Gasteiger partial charge in [-0.1, -0.05) is 19.9 Å². The van der Waals surface area contributed by atoms with Gasteiger partial charge in [0.2, 0.25) is 0 Å². The quantitative estimate of drug-likeness (QED) is 0.723. The van der Waals surface area contributed by atoms with Gasteiger partial charge >= 0.3 is 0 Å². The largest absolute Gasteiger partial charge is 0.371 e. The monoisotopic (exact) mass is 217 g/mol. The molecule has 0 unspecified atom stereocenters. The molecule has 1 aromatic rings. The fraction of sp³-hybridized carbons (Fsp3) is 0.600. The summed E-state index contributed by atoms with van der Waals surface area (Å²) in [5, 5.41) is 0. The Balaban J connectivity index is 2.37. The maximum Gasteiger partial charge on any atom is 0.0398 e. The van der Waals surface area contributed by atoms with Crippen LogP contribution in [-0.4, -0.2) is 13.1 Å². The number of hydrogen-bond acceptors (Lipinski definition) is 1. The van der Waals surface area contributed by atoms with E-state index in [1.165, 1.54) is 48.3 Å². The summed E-state index contributed by atoms with van der Waals surface area (Å²) < 4.78 is 0. The van der Waals surface area contributed by atoms with E-state index in [0.717, 1.165) is 0 Å².